The molecule has 6 rings (SSSR count). The number of nitrogens with zero attached hydrogens (tertiary/aromatic N) is 4. The van der Waals surface area contributed by atoms with Gasteiger partial charge in [-0.05, 0) is 37.9 Å². The van der Waals surface area contributed by atoms with Gasteiger partial charge in [0.15, 0.2) is 11.4 Å². The van der Waals surface area contributed by atoms with Gasteiger partial charge >= 0.3 is 0 Å². The van der Waals surface area contributed by atoms with E-state index < -0.39 is 0 Å². The molecular weight excluding hydrogens is 378 g/mol. The summed E-state index contributed by atoms with van der Waals surface area (Å²) in [6.07, 6.45) is 8.78. The highest BCUT2D eigenvalue weighted by Crippen LogP contribution is 2.38. The van der Waals surface area contributed by atoms with Crippen LogP contribution in [-0.4, -0.2) is 58.9 Å². The van der Waals surface area contributed by atoms with Crippen LogP contribution in [0.3, 0.4) is 0 Å². The Balaban J connectivity index is 1.67. The Morgan fingerprint density at radius 3 is 2.87 bits per heavy atom. The summed E-state index contributed by atoms with van der Waals surface area (Å²) < 4.78 is 6.52. The zero-order valence-electron chi connectivity index (χ0n) is 16.8. The van der Waals surface area contributed by atoms with Gasteiger partial charge in [0, 0.05) is 48.7 Å². The van der Waals surface area contributed by atoms with E-state index in [0.717, 1.165) is 59.9 Å². The molecule has 0 spiro atoms. The second-order valence-electron chi connectivity index (χ2n) is 7.91. The predicted octanol–water partition coefficient (Wildman–Crippen LogP) is 2.67. The van der Waals surface area contributed by atoms with Crippen molar-refractivity contribution in [3.05, 3.63) is 35.9 Å². The molecule has 0 aliphatic carbocycles. The fraction of sp³-hybridized carbons (Fsp3) is 0.364. The molecule has 3 aliphatic rings. The standard InChI is InChI=1S/C22H23N7O/c1-25-9-15(7-23)14-6-16-20-18(28-22(16)27-10-14)11-26-17(8-24)21(20)30-19-12-29-4-2-13(19)3-5-29/h6-7,9-11,13,19,23,25H,2-5,12H2,1H3,(H,27,28)/b15-9+,23-7?. The molecule has 3 fully saturated rings. The van der Waals surface area contributed by atoms with Crippen molar-refractivity contribution in [2.75, 3.05) is 26.7 Å². The molecule has 3 N–H and O–H groups in total. The zero-order valence-corrected chi connectivity index (χ0v) is 16.8. The highest BCUT2D eigenvalue weighted by atomic mass is 16.5. The number of piperidine rings is 3. The maximum atomic E-state index is 9.72. The predicted molar refractivity (Wildman–Crippen MR) is 116 cm³/mol. The Bertz CT molecular complexity index is 1200. The van der Waals surface area contributed by atoms with Crippen LogP contribution < -0.4 is 10.1 Å². The topological polar surface area (TPSA) is 114 Å². The molecule has 3 aliphatic heterocycles. The summed E-state index contributed by atoms with van der Waals surface area (Å²) in [5.41, 5.74) is 3.33. The maximum absolute atomic E-state index is 9.72. The molecule has 30 heavy (non-hydrogen) atoms. The van der Waals surface area contributed by atoms with Crippen LogP contribution in [0.2, 0.25) is 0 Å². The minimum absolute atomic E-state index is 0.0643. The summed E-state index contributed by atoms with van der Waals surface area (Å²) in [7, 11) is 1.80. The van der Waals surface area contributed by atoms with E-state index in [0.29, 0.717) is 23.0 Å². The number of fused-ring (bicyclic) bond motifs is 6. The van der Waals surface area contributed by atoms with E-state index in [-0.39, 0.29) is 6.10 Å². The molecule has 8 heteroatoms. The number of H-pyrrole nitrogens is 1. The first-order valence-electron chi connectivity index (χ1n) is 10.2. The number of nitrogens with one attached hydrogen (secondary N) is 3. The third kappa shape index (κ3) is 2.99. The first kappa shape index (κ1) is 18.6. The van der Waals surface area contributed by atoms with Crippen molar-refractivity contribution in [2.45, 2.75) is 18.9 Å². The second kappa shape index (κ2) is 7.43. The number of nitriles is 1. The minimum Gasteiger partial charge on any atom is -0.485 e. The van der Waals surface area contributed by atoms with E-state index in [9.17, 15) is 5.26 Å². The highest BCUT2D eigenvalue weighted by molar-refractivity contribution is 6.13. The molecule has 0 aromatic carbocycles. The minimum atomic E-state index is 0.0643. The van der Waals surface area contributed by atoms with E-state index in [1.165, 1.54) is 6.21 Å². The van der Waals surface area contributed by atoms with E-state index in [1.807, 2.05) is 6.07 Å². The lowest BCUT2D eigenvalue weighted by Gasteiger charge is -2.44. The highest BCUT2D eigenvalue weighted by Gasteiger charge is 2.36. The third-order valence-electron chi connectivity index (χ3n) is 6.20. The fourth-order valence-corrected chi connectivity index (χ4v) is 4.65. The van der Waals surface area contributed by atoms with Crippen molar-refractivity contribution in [1.29, 1.82) is 10.7 Å². The maximum Gasteiger partial charge on any atom is 0.183 e. The van der Waals surface area contributed by atoms with Gasteiger partial charge in [-0.3, -0.25) is 4.90 Å². The zero-order chi connectivity index (χ0) is 20.7. The lowest BCUT2D eigenvalue weighted by Crippen LogP contribution is -2.52. The molecule has 1 unspecified atom stereocenters. The molecule has 8 nitrogen and oxygen atoms in total. The van der Waals surface area contributed by atoms with Gasteiger partial charge in [0.05, 0.1) is 17.1 Å². The van der Waals surface area contributed by atoms with Crippen LogP contribution in [0.4, 0.5) is 0 Å². The average Bonchev–Trinajstić information content (AvgIpc) is 3.16. The summed E-state index contributed by atoms with van der Waals surface area (Å²) in [5, 5.41) is 22.1. The van der Waals surface area contributed by atoms with Crippen molar-refractivity contribution in [2.24, 2.45) is 5.92 Å². The van der Waals surface area contributed by atoms with Crippen LogP contribution in [0.25, 0.3) is 27.5 Å². The van der Waals surface area contributed by atoms with E-state index >= 15 is 0 Å². The number of ether oxygens (including phenoxy) is 1. The summed E-state index contributed by atoms with van der Waals surface area (Å²) in [4.78, 5) is 14.6. The Morgan fingerprint density at radius 1 is 1.37 bits per heavy atom. The number of pyridine rings is 2. The molecule has 2 bridgehead atoms. The Hall–Kier alpha value is -3.44. The van der Waals surface area contributed by atoms with E-state index in [2.05, 4.69) is 31.2 Å². The lowest BCUT2D eigenvalue weighted by molar-refractivity contribution is -0.00727. The van der Waals surface area contributed by atoms with Gasteiger partial charge in [-0.25, -0.2) is 9.97 Å². The van der Waals surface area contributed by atoms with Gasteiger partial charge in [-0.1, -0.05) is 0 Å². The number of hydrogen-bond acceptors (Lipinski definition) is 7. The smallest absolute Gasteiger partial charge is 0.183 e. The monoisotopic (exact) mass is 401 g/mol. The molecule has 3 aromatic rings. The van der Waals surface area contributed by atoms with E-state index in [1.54, 1.807) is 25.6 Å². The second-order valence-corrected chi connectivity index (χ2v) is 7.91. The average molecular weight is 401 g/mol. The van der Waals surface area contributed by atoms with Gasteiger partial charge in [0.1, 0.15) is 17.8 Å². The van der Waals surface area contributed by atoms with Gasteiger partial charge < -0.3 is 20.4 Å². The summed E-state index contributed by atoms with van der Waals surface area (Å²) in [6.45, 7) is 3.14. The van der Waals surface area contributed by atoms with Crippen LogP contribution in [0.5, 0.6) is 5.75 Å². The summed E-state index contributed by atoms with van der Waals surface area (Å²) in [5.74, 6) is 1.05. The molecule has 3 saturated heterocycles. The molecule has 1 atom stereocenters. The number of allylic oxidation sites excluding steroid dienone is 1. The largest absolute Gasteiger partial charge is 0.485 e. The number of aromatic nitrogens is 3. The first-order valence-corrected chi connectivity index (χ1v) is 10.2. The van der Waals surface area contributed by atoms with Crippen molar-refractivity contribution in [3.63, 3.8) is 0 Å². The third-order valence-corrected chi connectivity index (χ3v) is 6.20. The van der Waals surface area contributed by atoms with Crippen molar-refractivity contribution < 1.29 is 4.74 Å². The van der Waals surface area contributed by atoms with Crippen LogP contribution in [0, 0.1) is 22.7 Å². The lowest BCUT2D eigenvalue weighted by atomic mass is 9.86. The molecule has 6 heterocycles. The normalized spacial score (nSPS) is 23.5. The van der Waals surface area contributed by atoms with Crippen molar-refractivity contribution in [1.82, 2.24) is 25.2 Å². The Labute approximate surface area is 174 Å². The van der Waals surface area contributed by atoms with Crippen molar-refractivity contribution in [3.8, 4) is 11.8 Å². The SMILES string of the molecule is CN/C=C(\C=N)c1cnc2[nH]c3cnc(C#N)c(OC4CN5CCC4CC5)c3c2c1. The van der Waals surface area contributed by atoms with Crippen LogP contribution in [0.1, 0.15) is 24.1 Å². The number of aromatic amines is 1. The van der Waals surface area contributed by atoms with Gasteiger partial charge in [-0.2, -0.15) is 5.26 Å². The summed E-state index contributed by atoms with van der Waals surface area (Å²) in [6, 6.07) is 4.19. The fourth-order valence-electron chi connectivity index (χ4n) is 4.65. The molecular formula is C22H23N7O. The molecule has 3 aromatic heterocycles. The van der Waals surface area contributed by atoms with Crippen LogP contribution in [-0.2, 0) is 0 Å². The molecule has 0 radical (unpaired) electrons. The quantitative estimate of drug-likeness (QED) is 0.567. The Kier molecular flexibility index (Phi) is 4.60. The molecule has 0 amide bonds. The van der Waals surface area contributed by atoms with Crippen LogP contribution >= 0.6 is 0 Å². The summed E-state index contributed by atoms with van der Waals surface area (Å²) >= 11 is 0. The number of hydrogen-bond donors (Lipinski definition) is 3. The molecule has 152 valence electrons. The van der Waals surface area contributed by atoms with Gasteiger partial charge in [0.2, 0.25) is 0 Å². The van der Waals surface area contributed by atoms with Gasteiger partial charge in [0.25, 0.3) is 0 Å². The van der Waals surface area contributed by atoms with E-state index in [4.69, 9.17) is 10.1 Å². The Morgan fingerprint density at radius 2 is 2.20 bits per heavy atom. The number of rotatable bonds is 5. The van der Waals surface area contributed by atoms with Crippen LogP contribution in [0.15, 0.2) is 24.7 Å². The van der Waals surface area contributed by atoms with Crippen molar-refractivity contribution >= 4 is 33.7 Å². The first-order chi connectivity index (χ1) is 14.7. The van der Waals surface area contributed by atoms with Gasteiger partial charge in [-0.15, -0.1) is 0 Å². The molecule has 0 saturated carbocycles.